The molecule has 0 saturated heterocycles. The maximum atomic E-state index is 14.6. The molecule has 0 spiro atoms. The van der Waals surface area contributed by atoms with Crippen molar-refractivity contribution in [3.63, 3.8) is 0 Å². The fourth-order valence-electron chi connectivity index (χ4n) is 4.97. The van der Waals surface area contributed by atoms with Crippen LogP contribution in [0.3, 0.4) is 0 Å². The van der Waals surface area contributed by atoms with Crippen molar-refractivity contribution in [3.8, 4) is 11.4 Å². The SMILES string of the molecule is CCCCCCCc1ccc(-c2ncc(C3CCC(CCCCC)CC3)cn2)cc1F. The van der Waals surface area contributed by atoms with Crippen LogP contribution in [0.5, 0.6) is 0 Å². The topological polar surface area (TPSA) is 25.8 Å². The number of unbranched alkanes of at least 4 members (excludes halogenated alkanes) is 6. The third kappa shape index (κ3) is 7.40. The number of benzene rings is 1. The van der Waals surface area contributed by atoms with Crippen molar-refractivity contribution in [1.29, 1.82) is 0 Å². The fraction of sp³-hybridized carbons (Fsp3) is 0.643. The molecule has 1 heterocycles. The Balaban J connectivity index is 1.51. The lowest BCUT2D eigenvalue weighted by molar-refractivity contribution is 0.302. The van der Waals surface area contributed by atoms with Gasteiger partial charge in [-0.15, -0.1) is 0 Å². The molecule has 1 aliphatic carbocycles. The number of nitrogens with zero attached hydrogens (tertiary/aromatic N) is 2. The second kappa shape index (κ2) is 12.9. The van der Waals surface area contributed by atoms with Crippen LogP contribution in [0.2, 0.25) is 0 Å². The zero-order chi connectivity index (χ0) is 21.9. The molecular weight excluding hydrogens is 383 g/mol. The Labute approximate surface area is 189 Å². The molecule has 3 rings (SSSR count). The minimum absolute atomic E-state index is 0.123. The first-order valence-electron chi connectivity index (χ1n) is 12.8. The van der Waals surface area contributed by atoms with Crippen LogP contribution in [0.15, 0.2) is 30.6 Å². The van der Waals surface area contributed by atoms with E-state index in [1.807, 2.05) is 24.5 Å². The summed E-state index contributed by atoms with van der Waals surface area (Å²) in [5, 5.41) is 0. The molecular formula is C28H41FN2. The zero-order valence-corrected chi connectivity index (χ0v) is 19.7. The van der Waals surface area contributed by atoms with E-state index in [1.54, 1.807) is 6.07 Å². The monoisotopic (exact) mass is 424 g/mol. The summed E-state index contributed by atoms with van der Waals surface area (Å²) in [5.41, 5.74) is 2.84. The number of hydrogen-bond acceptors (Lipinski definition) is 2. The number of aromatic nitrogens is 2. The van der Waals surface area contributed by atoms with Gasteiger partial charge >= 0.3 is 0 Å². The Morgan fingerprint density at radius 1 is 0.839 bits per heavy atom. The number of aryl methyl sites for hydroxylation is 1. The third-order valence-corrected chi connectivity index (χ3v) is 7.07. The maximum absolute atomic E-state index is 14.6. The van der Waals surface area contributed by atoms with Crippen LogP contribution in [0, 0.1) is 11.7 Å². The van der Waals surface area contributed by atoms with Gasteiger partial charge in [-0.05, 0) is 67.6 Å². The van der Waals surface area contributed by atoms with Crippen LogP contribution in [0.25, 0.3) is 11.4 Å². The summed E-state index contributed by atoms with van der Waals surface area (Å²) in [6, 6.07) is 5.50. The molecule has 1 fully saturated rings. The highest BCUT2D eigenvalue weighted by Gasteiger charge is 2.22. The normalized spacial score (nSPS) is 18.9. The second-order valence-electron chi connectivity index (χ2n) is 9.52. The highest BCUT2D eigenvalue weighted by molar-refractivity contribution is 5.55. The van der Waals surface area contributed by atoms with Crippen molar-refractivity contribution < 1.29 is 4.39 Å². The molecule has 0 radical (unpaired) electrons. The Hall–Kier alpha value is -1.77. The van der Waals surface area contributed by atoms with Gasteiger partial charge < -0.3 is 0 Å². The van der Waals surface area contributed by atoms with Gasteiger partial charge in [0, 0.05) is 18.0 Å². The van der Waals surface area contributed by atoms with Crippen molar-refractivity contribution >= 4 is 0 Å². The molecule has 2 aromatic rings. The van der Waals surface area contributed by atoms with Gasteiger partial charge in [-0.3, -0.25) is 0 Å². The highest BCUT2D eigenvalue weighted by Crippen LogP contribution is 2.37. The van der Waals surface area contributed by atoms with E-state index >= 15 is 0 Å². The predicted octanol–water partition coefficient (Wildman–Crippen LogP) is 8.65. The van der Waals surface area contributed by atoms with Crippen LogP contribution in [0.4, 0.5) is 4.39 Å². The standard InChI is InChI=1S/C28H41FN2/c1-3-5-7-8-10-12-24-17-18-25(19-27(24)29)28-30-20-26(21-31-28)23-15-13-22(14-16-23)11-9-6-4-2/h17-23H,3-16H2,1-2H3. The summed E-state index contributed by atoms with van der Waals surface area (Å²) >= 11 is 0. The first-order valence-corrected chi connectivity index (χ1v) is 12.8. The van der Waals surface area contributed by atoms with E-state index in [4.69, 9.17) is 0 Å². The minimum Gasteiger partial charge on any atom is -0.236 e. The van der Waals surface area contributed by atoms with Crippen molar-refractivity contribution in [2.75, 3.05) is 0 Å². The summed E-state index contributed by atoms with van der Waals surface area (Å²) in [6.45, 7) is 4.49. The summed E-state index contributed by atoms with van der Waals surface area (Å²) in [6.07, 6.45) is 21.4. The first-order chi connectivity index (χ1) is 15.2. The van der Waals surface area contributed by atoms with Gasteiger partial charge in [0.05, 0.1) is 0 Å². The smallest absolute Gasteiger partial charge is 0.159 e. The number of rotatable bonds is 12. The summed E-state index contributed by atoms with van der Waals surface area (Å²) < 4.78 is 14.6. The zero-order valence-electron chi connectivity index (χ0n) is 19.7. The lowest BCUT2D eigenvalue weighted by Gasteiger charge is -2.28. The predicted molar refractivity (Wildman–Crippen MR) is 129 cm³/mol. The van der Waals surface area contributed by atoms with Crippen molar-refractivity contribution in [2.45, 2.75) is 110 Å². The molecule has 0 unspecified atom stereocenters. The van der Waals surface area contributed by atoms with Gasteiger partial charge in [0.1, 0.15) is 5.82 Å². The molecule has 1 aliphatic rings. The molecule has 0 bridgehead atoms. The lowest BCUT2D eigenvalue weighted by atomic mass is 9.77. The lowest BCUT2D eigenvalue weighted by Crippen LogP contribution is -2.14. The molecule has 0 amide bonds. The van der Waals surface area contributed by atoms with Crippen molar-refractivity contribution in [3.05, 3.63) is 47.5 Å². The van der Waals surface area contributed by atoms with Crippen LogP contribution < -0.4 is 0 Å². The first kappa shape index (κ1) is 23.9. The van der Waals surface area contributed by atoms with Crippen LogP contribution in [0.1, 0.15) is 114 Å². The Morgan fingerprint density at radius 3 is 2.19 bits per heavy atom. The Kier molecular flexibility index (Phi) is 9.96. The Bertz CT molecular complexity index is 763. The molecule has 0 atom stereocenters. The third-order valence-electron chi connectivity index (χ3n) is 7.07. The molecule has 0 N–H and O–H groups in total. The van der Waals surface area contributed by atoms with E-state index < -0.39 is 0 Å². The average molecular weight is 425 g/mol. The Morgan fingerprint density at radius 2 is 1.52 bits per heavy atom. The number of hydrogen-bond donors (Lipinski definition) is 0. The van der Waals surface area contributed by atoms with E-state index in [1.165, 1.54) is 82.6 Å². The molecule has 1 aromatic carbocycles. The minimum atomic E-state index is -0.123. The van der Waals surface area contributed by atoms with Crippen molar-refractivity contribution in [1.82, 2.24) is 9.97 Å². The quantitative estimate of drug-likeness (QED) is 0.319. The average Bonchev–Trinajstić information content (AvgIpc) is 2.80. The van der Waals surface area contributed by atoms with Gasteiger partial charge in [-0.2, -0.15) is 0 Å². The molecule has 31 heavy (non-hydrogen) atoms. The number of halogens is 1. The molecule has 2 nitrogen and oxygen atoms in total. The van der Waals surface area contributed by atoms with Crippen molar-refractivity contribution in [2.24, 2.45) is 5.92 Å². The fourth-order valence-corrected chi connectivity index (χ4v) is 4.97. The van der Waals surface area contributed by atoms with Crippen LogP contribution in [-0.2, 0) is 6.42 Å². The van der Waals surface area contributed by atoms with Gasteiger partial charge in [-0.1, -0.05) is 77.3 Å². The summed E-state index contributed by atoms with van der Waals surface area (Å²) in [5.74, 6) is 2.01. The van der Waals surface area contributed by atoms with Gasteiger partial charge in [0.2, 0.25) is 0 Å². The van der Waals surface area contributed by atoms with Gasteiger partial charge in [0.25, 0.3) is 0 Å². The summed E-state index contributed by atoms with van der Waals surface area (Å²) in [7, 11) is 0. The van der Waals surface area contributed by atoms with E-state index in [9.17, 15) is 4.39 Å². The second-order valence-corrected chi connectivity index (χ2v) is 9.52. The van der Waals surface area contributed by atoms with Crippen LogP contribution in [-0.4, -0.2) is 9.97 Å². The van der Waals surface area contributed by atoms with Crippen LogP contribution >= 0.6 is 0 Å². The van der Waals surface area contributed by atoms with E-state index in [0.717, 1.165) is 29.9 Å². The highest BCUT2D eigenvalue weighted by atomic mass is 19.1. The molecule has 170 valence electrons. The molecule has 0 aliphatic heterocycles. The van der Waals surface area contributed by atoms with Gasteiger partial charge in [0.15, 0.2) is 5.82 Å². The van der Waals surface area contributed by atoms with E-state index in [0.29, 0.717) is 11.7 Å². The molecule has 1 saturated carbocycles. The maximum Gasteiger partial charge on any atom is 0.159 e. The largest absolute Gasteiger partial charge is 0.236 e. The molecule has 3 heteroatoms. The van der Waals surface area contributed by atoms with E-state index in [2.05, 4.69) is 23.8 Å². The van der Waals surface area contributed by atoms with E-state index in [-0.39, 0.29) is 5.82 Å². The summed E-state index contributed by atoms with van der Waals surface area (Å²) in [4.78, 5) is 9.19. The van der Waals surface area contributed by atoms with Gasteiger partial charge in [-0.25, -0.2) is 14.4 Å². The molecule has 1 aromatic heterocycles.